The molecule has 8 heteroatoms. The number of imide groups is 1. The summed E-state index contributed by atoms with van der Waals surface area (Å²) in [5, 5.41) is 1.89. The first-order valence-corrected chi connectivity index (χ1v) is 10.5. The molecule has 1 N–H and O–H groups in total. The highest BCUT2D eigenvalue weighted by molar-refractivity contribution is 8.18. The maximum Gasteiger partial charge on any atom is 0.290 e. The fraction of sp³-hybridized carbons (Fsp3) is 0.130. The van der Waals surface area contributed by atoms with Gasteiger partial charge < -0.3 is 9.64 Å². The van der Waals surface area contributed by atoms with Gasteiger partial charge in [-0.15, -0.1) is 0 Å². The van der Waals surface area contributed by atoms with Gasteiger partial charge in [0, 0.05) is 25.0 Å². The molecule has 1 saturated heterocycles. The number of thioether (sulfide) groups is 1. The first kappa shape index (κ1) is 20.6. The topological polar surface area (TPSA) is 84.4 Å². The molecule has 2 aromatic carbocycles. The molecule has 1 aliphatic heterocycles. The first-order chi connectivity index (χ1) is 15.1. The fourth-order valence-electron chi connectivity index (χ4n) is 2.93. The van der Waals surface area contributed by atoms with Crippen LogP contribution in [0.4, 0.5) is 10.7 Å². The predicted octanol–water partition coefficient (Wildman–Crippen LogP) is 3.98. The SMILES string of the molecule is CN(CCOc1ccc(/C=C2\SC(=O)NC2=O)cc1)c1ncc(-c2ccccc2)cn1. The third-order valence-corrected chi connectivity index (χ3v) is 5.41. The highest BCUT2D eigenvalue weighted by Crippen LogP contribution is 2.26. The number of hydrogen-bond donors (Lipinski definition) is 1. The van der Waals surface area contributed by atoms with E-state index in [1.807, 2.05) is 78.9 Å². The molecular weight excluding hydrogens is 412 g/mol. The number of anilines is 1. The highest BCUT2D eigenvalue weighted by Gasteiger charge is 2.24. The molecule has 0 saturated carbocycles. The lowest BCUT2D eigenvalue weighted by Crippen LogP contribution is -2.25. The van der Waals surface area contributed by atoms with E-state index in [4.69, 9.17) is 4.74 Å². The van der Waals surface area contributed by atoms with E-state index in [0.29, 0.717) is 24.0 Å². The second kappa shape index (κ2) is 9.44. The number of carbonyl (C=O) groups excluding carboxylic acids is 2. The second-order valence-corrected chi connectivity index (χ2v) is 7.84. The lowest BCUT2D eigenvalue weighted by Gasteiger charge is -2.17. The van der Waals surface area contributed by atoms with Crippen molar-refractivity contribution in [3.63, 3.8) is 0 Å². The van der Waals surface area contributed by atoms with E-state index in [0.717, 1.165) is 34.2 Å². The summed E-state index contributed by atoms with van der Waals surface area (Å²) in [5.41, 5.74) is 2.88. The van der Waals surface area contributed by atoms with Crippen LogP contribution in [0.25, 0.3) is 17.2 Å². The molecule has 2 amide bonds. The summed E-state index contributed by atoms with van der Waals surface area (Å²) in [5.74, 6) is 0.986. The van der Waals surface area contributed by atoms with Crippen molar-refractivity contribution in [2.75, 3.05) is 25.1 Å². The van der Waals surface area contributed by atoms with Gasteiger partial charge >= 0.3 is 0 Å². The summed E-state index contributed by atoms with van der Waals surface area (Å²) in [4.78, 5) is 34.0. The number of nitrogens with one attached hydrogen (secondary N) is 1. The van der Waals surface area contributed by atoms with Crippen molar-refractivity contribution in [3.8, 4) is 16.9 Å². The van der Waals surface area contributed by atoms with Crippen molar-refractivity contribution in [1.29, 1.82) is 0 Å². The third kappa shape index (κ3) is 5.29. The number of hydrogen-bond acceptors (Lipinski definition) is 7. The number of rotatable bonds is 7. The first-order valence-electron chi connectivity index (χ1n) is 9.65. The normalized spacial score (nSPS) is 14.5. The van der Waals surface area contributed by atoms with Crippen molar-refractivity contribution in [2.24, 2.45) is 0 Å². The quantitative estimate of drug-likeness (QED) is 0.565. The number of likely N-dealkylation sites (N-methyl/N-ethyl adjacent to an activating group) is 1. The van der Waals surface area contributed by atoms with Gasteiger partial charge in [-0.05, 0) is 41.1 Å². The number of nitrogens with zero attached hydrogens (tertiary/aromatic N) is 3. The molecular formula is C23H20N4O3S. The summed E-state index contributed by atoms with van der Waals surface area (Å²) in [6.45, 7) is 1.09. The zero-order chi connectivity index (χ0) is 21.6. The van der Waals surface area contributed by atoms with Crippen LogP contribution >= 0.6 is 11.8 Å². The number of ether oxygens (including phenoxy) is 1. The van der Waals surface area contributed by atoms with Gasteiger partial charge in [0.15, 0.2) is 0 Å². The molecule has 7 nitrogen and oxygen atoms in total. The Morgan fingerprint density at radius 2 is 1.71 bits per heavy atom. The Bertz CT molecular complexity index is 1100. The summed E-state index contributed by atoms with van der Waals surface area (Å²) in [6, 6.07) is 17.3. The standard InChI is InChI=1S/C23H20N4O3S/c1-27(22-24-14-18(15-25-22)17-5-3-2-4-6-17)11-12-30-19-9-7-16(8-10-19)13-20-21(28)26-23(29)31-20/h2-10,13-15H,11-12H2,1H3,(H,26,28,29)/b20-13-. The summed E-state index contributed by atoms with van der Waals surface area (Å²) < 4.78 is 5.80. The van der Waals surface area contributed by atoms with Gasteiger partial charge in [0.05, 0.1) is 11.4 Å². The molecule has 0 radical (unpaired) electrons. The molecule has 1 aromatic heterocycles. The number of amides is 2. The summed E-state index contributed by atoms with van der Waals surface area (Å²) >= 11 is 0.900. The smallest absolute Gasteiger partial charge is 0.290 e. The minimum atomic E-state index is -0.364. The molecule has 156 valence electrons. The summed E-state index contributed by atoms with van der Waals surface area (Å²) in [7, 11) is 1.92. The van der Waals surface area contributed by atoms with Gasteiger partial charge in [0.2, 0.25) is 5.95 Å². The minimum absolute atomic E-state index is 0.348. The van der Waals surface area contributed by atoms with Crippen LogP contribution in [0.2, 0.25) is 0 Å². The van der Waals surface area contributed by atoms with E-state index < -0.39 is 0 Å². The zero-order valence-electron chi connectivity index (χ0n) is 16.8. The molecule has 1 fully saturated rings. The molecule has 4 rings (SSSR count). The summed E-state index contributed by atoms with van der Waals surface area (Å²) in [6.07, 6.45) is 5.32. The molecule has 2 heterocycles. The number of carbonyl (C=O) groups is 2. The maximum atomic E-state index is 11.6. The zero-order valence-corrected chi connectivity index (χ0v) is 17.6. The molecule has 0 atom stereocenters. The fourth-order valence-corrected chi connectivity index (χ4v) is 3.61. The van der Waals surface area contributed by atoms with Crippen LogP contribution in [0.5, 0.6) is 5.75 Å². The molecule has 1 aliphatic rings. The number of benzene rings is 2. The van der Waals surface area contributed by atoms with Crippen molar-refractivity contribution >= 4 is 34.9 Å². The molecule has 0 unspecified atom stereocenters. The average Bonchev–Trinajstić information content (AvgIpc) is 3.12. The lowest BCUT2D eigenvalue weighted by atomic mass is 10.1. The molecule has 0 spiro atoms. The Morgan fingerprint density at radius 3 is 2.35 bits per heavy atom. The van der Waals surface area contributed by atoms with Gasteiger partial charge in [-0.1, -0.05) is 42.5 Å². The Labute approximate surface area is 184 Å². The third-order valence-electron chi connectivity index (χ3n) is 4.60. The lowest BCUT2D eigenvalue weighted by molar-refractivity contribution is -0.115. The van der Waals surface area contributed by atoms with Crippen LogP contribution in [-0.4, -0.2) is 41.3 Å². The Balaban J connectivity index is 1.28. The van der Waals surface area contributed by atoms with Crippen molar-refractivity contribution in [1.82, 2.24) is 15.3 Å². The maximum absolute atomic E-state index is 11.6. The predicted molar refractivity (Wildman–Crippen MR) is 122 cm³/mol. The van der Waals surface area contributed by atoms with Gasteiger partial charge in [-0.3, -0.25) is 14.9 Å². The molecule has 0 aliphatic carbocycles. The highest BCUT2D eigenvalue weighted by atomic mass is 32.2. The Kier molecular flexibility index (Phi) is 6.28. The van der Waals surface area contributed by atoms with Crippen molar-refractivity contribution in [3.05, 3.63) is 77.5 Å². The van der Waals surface area contributed by atoms with Crippen LogP contribution in [-0.2, 0) is 4.79 Å². The van der Waals surface area contributed by atoms with E-state index in [2.05, 4.69) is 15.3 Å². The van der Waals surface area contributed by atoms with Crippen LogP contribution in [0.1, 0.15) is 5.56 Å². The number of aromatic nitrogens is 2. The van der Waals surface area contributed by atoms with Crippen LogP contribution in [0.3, 0.4) is 0 Å². The van der Waals surface area contributed by atoms with E-state index >= 15 is 0 Å². The average molecular weight is 433 g/mol. The van der Waals surface area contributed by atoms with Gasteiger partial charge in [0.1, 0.15) is 12.4 Å². The Hall–Kier alpha value is -3.65. The van der Waals surface area contributed by atoms with E-state index in [1.54, 1.807) is 6.08 Å². The van der Waals surface area contributed by atoms with Gasteiger partial charge in [0.25, 0.3) is 11.1 Å². The van der Waals surface area contributed by atoms with Gasteiger partial charge in [-0.2, -0.15) is 0 Å². The van der Waals surface area contributed by atoms with Crippen LogP contribution in [0.15, 0.2) is 71.9 Å². The minimum Gasteiger partial charge on any atom is -0.492 e. The second-order valence-electron chi connectivity index (χ2n) is 6.83. The Morgan fingerprint density at radius 1 is 1.00 bits per heavy atom. The van der Waals surface area contributed by atoms with Crippen LogP contribution in [0, 0.1) is 0 Å². The monoisotopic (exact) mass is 432 g/mol. The largest absolute Gasteiger partial charge is 0.492 e. The molecule has 3 aromatic rings. The van der Waals surface area contributed by atoms with E-state index in [9.17, 15) is 9.59 Å². The molecule has 0 bridgehead atoms. The van der Waals surface area contributed by atoms with Crippen molar-refractivity contribution < 1.29 is 14.3 Å². The van der Waals surface area contributed by atoms with E-state index in [-0.39, 0.29) is 11.1 Å². The van der Waals surface area contributed by atoms with Crippen LogP contribution < -0.4 is 15.0 Å². The molecule has 31 heavy (non-hydrogen) atoms. The van der Waals surface area contributed by atoms with Gasteiger partial charge in [-0.25, -0.2) is 9.97 Å². The van der Waals surface area contributed by atoms with E-state index in [1.165, 1.54) is 0 Å². The van der Waals surface area contributed by atoms with Crippen molar-refractivity contribution in [2.45, 2.75) is 0 Å².